The lowest BCUT2D eigenvalue weighted by molar-refractivity contribution is 0.0920. The van der Waals surface area contributed by atoms with Gasteiger partial charge in [-0.2, -0.15) is 0 Å². The number of benzene rings is 1. The number of fused-ring (bicyclic) bond motifs is 1. The molecule has 0 radical (unpaired) electrons. The SMILES string of the molecule is CC(C)(C)NC(=O)c1cccc2c1N=C2. The maximum atomic E-state index is 11.9. The summed E-state index contributed by atoms with van der Waals surface area (Å²) < 4.78 is 0. The molecule has 3 heteroatoms. The first-order chi connectivity index (χ1) is 6.97. The largest absolute Gasteiger partial charge is 0.347 e. The summed E-state index contributed by atoms with van der Waals surface area (Å²) in [6.07, 6.45) is 1.77. The Morgan fingerprint density at radius 2 is 2.07 bits per heavy atom. The Labute approximate surface area is 89.2 Å². The zero-order valence-electron chi connectivity index (χ0n) is 9.16. The van der Waals surface area contributed by atoms with E-state index in [4.69, 9.17) is 0 Å². The van der Waals surface area contributed by atoms with Gasteiger partial charge < -0.3 is 5.32 Å². The van der Waals surface area contributed by atoms with Crippen LogP contribution in [0.4, 0.5) is 5.69 Å². The van der Waals surface area contributed by atoms with Crippen LogP contribution in [0, 0.1) is 0 Å². The molecule has 78 valence electrons. The molecule has 0 bridgehead atoms. The number of nitrogens with zero attached hydrogens (tertiary/aromatic N) is 1. The van der Waals surface area contributed by atoms with Crippen LogP contribution in [0.5, 0.6) is 0 Å². The molecule has 1 aromatic carbocycles. The van der Waals surface area contributed by atoms with Crippen molar-refractivity contribution in [2.75, 3.05) is 0 Å². The summed E-state index contributed by atoms with van der Waals surface area (Å²) in [6.45, 7) is 5.89. The second-order valence-electron chi connectivity index (χ2n) is 4.71. The Morgan fingerprint density at radius 1 is 1.33 bits per heavy atom. The highest BCUT2D eigenvalue weighted by atomic mass is 16.1. The van der Waals surface area contributed by atoms with Crippen molar-refractivity contribution in [3.8, 4) is 0 Å². The van der Waals surface area contributed by atoms with Crippen LogP contribution in [0.15, 0.2) is 23.2 Å². The van der Waals surface area contributed by atoms with Crippen LogP contribution in [0.3, 0.4) is 0 Å². The normalized spacial score (nSPS) is 13.0. The molecule has 15 heavy (non-hydrogen) atoms. The molecule has 3 nitrogen and oxygen atoms in total. The van der Waals surface area contributed by atoms with Crippen molar-refractivity contribution in [1.82, 2.24) is 5.32 Å². The van der Waals surface area contributed by atoms with Crippen LogP contribution < -0.4 is 5.32 Å². The summed E-state index contributed by atoms with van der Waals surface area (Å²) in [5.41, 5.74) is 2.29. The third kappa shape index (κ3) is 1.91. The number of hydrogen-bond donors (Lipinski definition) is 1. The standard InChI is InChI=1S/C12H14N2O/c1-12(2,3)14-11(15)9-6-4-5-8-7-13-10(8)9/h4-7H,1-3H3,(H,14,15). The third-order valence-electron chi connectivity index (χ3n) is 2.13. The van der Waals surface area contributed by atoms with E-state index in [0.29, 0.717) is 5.56 Å². The van der Waals surface area contributed by atoms with Gasteiger partial charge in [-0.1, -0.05) is 12.1 Å². The molecule has 0 unspecified atom stereocenters. The Kier molecular flexibility index (Phi) is 2.11. The van der Waals surface area contributed by atoms with Gasteiger partial charge in [-0.25, -0.2) is 0 Å². The second-order valence-corrected chi connectivity index (χ2v) is 4.71. The molecule has 0 aliphatic carbocycles. The highest BCUT2D eigenvalue weighted by molar-refractivity contribution is 6.08. The number of aliphatic imine (C=N–C) groups is 1. The summed E-state index contributed by atoms with van der Waals surface area (Å²) in [4.78, 5) is 16.0. The molecule has 1 N–H and O–H groups in total. The molecule has 1 amide bonds. The first-order valence-electron chi connectivity index (χ1n) is 4.97. The molecule has 0 spiro atoms. The van der Waals surface area contributed by atoms with Crippen molar-refractivity contribution in [3.63, 3.8) is 0 Å². The van der Waals surface area contributed by atoms with Crippen molar-refractivity contribution in [1.29, 1.82) is 0 Å². The predicted molar refractivity (Wildman–Crippen MR) is 60.9 cm³/mol. The quantitative estimate of drug-likeness (QED) is 0.757. The van der Waals surface area contributed by atoms with Crippen LogP contribution in [-0.4, -0.2) is 17.7 Å². The zero-order valence-corrected chi connectivity index (χ0v) is 9.16. The molecule has 1 heterocycles. The molecule has 1 aliphatic rings. The van der Waals surface area contributed by atoms with Gasteiger partial charge in [-0.15, -0.1) is 0 Å². The fourth-order valence-electron chi connectivity index (χ4n) is 1.47. The lowest BCUT2D eigenvalue weighted by Crippen LogP contribution is -2.40. The fraction of sp³-hybridized carbons (Fsp3) is 0.333. The third-order valence-corrected chi connectivity index (χ3v) is 2.13. The average Bonchev–Trinajstić information content (AvgIpc) is 2.03. The van der Waals surface area contributed by atoms with Gasteiger partial charge >= 0.3 is 0 Å². The van der Waals surface area contributed by atoms with Crippen LogP contribution in [0.2, 0.25) is 0 Å². The van der Waals surface area contributed by atoms with Gasteiger partial charge in [-0.3, -0.25) is 9.79 Å². The summed E-state index contributed by atoms with van der Waals surface area (Å²) in [5.74, 6) is -0.0591. The van der Waals surface area contributed by atoms with Crippen molar-refractivity contribution in [2.24, 2.45) is 4.99 Å². The van der Waals surface area contributed by atoms with Crippen LogP contribution in [0.25, 0.3) is 0 Å². The summed E-state index contributed by atoms with van der Waals surface area (Å²) in [7, 11) is 0. The minimum absolute atomic E-state index is 0.0591. The molecule has 0 fully saturated rings. The van der Waals surface area contributed by atoms with Crippen molar-refractivity contribution < 1.29 is 4.79 Å². The number of amides is 1. The number of hydrogen-bond acceptors (Lipinski definition) is 2. The monoisotopic (exact) mass is 202 g/mol. The van der Waals surface area contributed by atoms with Crippen LogP contribution >= 0.6 is 0 Å². The van der Waals surface area contributed by atoms with E-state index in [1.807, 2.05) is 32.9 Å². The van der Waals surface area contributed by atoms with Crippen LogP contribution in [0.1, 0.15) is 36.7 Å². The van der Waals surface area contributed by atoms with E-state index in [9.17, 15) is 4.79 Å². The number of carbonyl (C=O) groups excluding carboxylic acids is 1. The molecule has 0 saturated heterocycles. The number of para-hydroxylation sites is 1. The molecule has 0 saturated carbocycles. The van der Waals surface area contributed by atoms with E-state index in [-0.39, 0.29) is 11.4 Å². The Bertz CT molecular complexity index is 441. The second kappa shape index (κ2) is 3.19. The molecule has 0 aromatic heterocycles. The topological polar surface area (TPSA) is 41.5 Å². The van der Waals surface area contributed by atoms with Gasteiger partial charge in [0.2, 0.25) is 0 Å². The fourth-order valence-corrected chi connectivity index (χ4v) is 1.47. The van der Waals surface area contributed by atoms with E-state index in [1.165, 1.54) is 0 Å². The van der Waals surface area contributed by atoms with E-state index in [0.717, 1.165) is 11.3 Å². The van der Waals surface area contributed by atoms with Gasteiger partial charge in [0.05, 0.1) is 11.3 Å². The lowest BCUT2D eigenvalue weighted by atomic mass is 10.0. The molecule has 1 aromatic rings. The Balaban J connectivity index is 2.25. The molecule has 1 aliphatic heterocycles. The molecule has 2 rings (SSSR count). The van der Waals surface area contributed by atoms with Gasteiger partial charge in [0, 0.05) is 17.3 Å². The van der Waals surface area contributed by atoms with Gasteiger partial charge in [-0.05, 0) is 26.8 Å². The molecule has 0 atom stereocenters. The van der Waals surface area contributed by atoms with E-state index in [1.54, 1.807) is 12.3 Å². The Hall–Kier alpha value is -1.64. The minimum Gasteiger partial charge on any atom is -0.347 e. The highest BCUT2D eigenvalue weighted by Crippen LogP contribution is 2.29. The van der Waals surface area contributed by atoms with Crippen molar-refractivity contribution in [3.05, 3.63) is 29.3 Å². The van der Waals surface area contributed by atoms with Crippen LogP contribution in [-0.2, 0) is 0 Å². The molecular formula is C12H14N2O. The first kappa shape index (κ1) is 9.90. The maximum Gasteiger partial charge on any atom is 0.253 e. The number of carbonyl (C=O) groups is 1. The first-order valence-corrected chi connectivity index (χ1v) is 4.97. The maximum absolute atomic E-state index is 11.9. The minimum atomic E-state index is -0.215. The van der Waals surface area contributed by atoms with Crippen molar-refractivity contribution >= 4 is 17.8 Å². The lowest BCUT2D eigenvalue weighted by Gasteiger charge is -2.22. The Morgan fingerprint density at radius 3 is 2.60 bits per heavy atom. The number of nitrogens with one attached hydrogen (secondary N) is 1. The summed E-state index contributed by atoms with van der Waals surface area (Å²) in [5, 5.41) is 2.92. The smallest absolute Gasteiger partial charge is 0.253 e. The summed E-state index contributed by atoms with van der Waals surface area (Å²) >= 11 is 0. The number of rotatable bonds is 1. The average molecular weight is 202 g/mol. The summed E-state index contributed by atoms with van der Waals surface area (Å²) in [6, 6.07) is 5.63. The zero-order chi connectivity index (χ0) is 11.1. The van der Waals surface area contributed by atoms with E-state index < -0.39 is 0 Å². The van der Waals surface area contributed by atoms with E-state index in [2.05, 4.69) is 10.3 Å². The van der Waals surface area contributed by atoms with E-state index >= 15 is 0 Å². The molecular weight excluding hydrogens is 188 g/mol. The van der Waals surface area contributed by atoms with Gasteiger partial charge in [0.15, 0.2) is 0 Å². The van der Waals surface area contributed by atoms with Gasteiger partial charge in [0.25, 0.3) is 5.91 Å². The van der Waals surface area contributed by atoms with Gasteiger partial charge in [0.1, 0.15) is 0 Å². The van der Waals surface area contributed by atoms with Crippen molar-refractivity contribution in [2.45, 2.75) is 26.3 Å². The highest BCUT2D eigenvalue weighted by Gasteiger charge is 2.21. The predicted octanol–water partition coefficient (Wildman–Crippen LogP) is 2.28.